The van der Waals surface area contributed by atoms with Crippen LogP contribution in [-0.2, 0) is 19.1 Å². The van der Waals surface area contributed by atoms with Gasteiger partial charge in [-0.1, -0.05) is 108 Å². The normalized spacial score (nSPS) is 12.6. The average molecular weight is 507 g/mol. The molecule has 0 radical (unpaired) electrons. The van der Waals surface area contributed by atoms with E-state index < -0.39 is 6.10 Å². The molecule has 0 aliphatic heterocycles. The fourth-order valence-corrected chi connectivity index (χ4v) is 3.74. The second kappa shape index (κ2) is 27.7. The van der Waals surface area contributed by atoms with Crippen molar-refractivity contribution in [1.29, 1.82) is 0 Å². The topological polar surface area (TPSA) is 72.8 Å². The molecule has 0 heterocycles. The molecule has 0 aromatic carbocycles. The molecule has 5 heteroatoms. The van der Waals surface area contributed by atoms with Gasteiger partial charge in [-0.05, 0) is 44.9 Å². The molecule has 0 aliphatic rings. The van der Waals surface area contributed by atoms with Crippen molar-refractivity contribution in [3.05, 3.63) is 36.5 Å². The van der Waals surface area contributed by atoms with E-state index in [4.69, 9.17) is 9.47 Å². The molecule has 0 saturated heterocycles. The number of aliphatic hydroxyl groups excluding tert-OH is 1. The van der Waals surface area contributed by atoms with Crippen molar-refractivity contribution < 1.29 is 24.2 Å². The minimum absolute atomic E-state index is 0.0726. The van der Waals surface area contributed by atoms with Crippen LogP contribution in [0.3, 0.4) is 0 Å². The molecule has 1 N–H and O–H groups in total. The van der Waals surface area contributed by atoms with E-state index in [1.165, 1.54) is 32.1 Å². The molecule has 1 unspecified atom stereocenters. The Hall–Kier alpha value is -1.88. The third kappa shape index (κ3) is 25.2. The summed E-state index contributed by atoms with van der Waals surface area (Å²) in [6, 6.07) is 0. The van der Waals surface area contributed by atoms with Gasteiger partial charge in [0.25, 0.3) is 0 Å². The van der Waals surface area contributed by atoms with E-state index in [0.29, 0.717) is 12.8 Å². The molecular formula is C31H54O5. The minimum Gasteiger partial charge on any atom is -0.462 e. The predicted octanol–water partition coefficient (Wildman–Crippen LogP) is 8.16. The molecule has 0 aromatic heterocycles. The maximum absolute atomic E-state index is 12.0. The van der Waals surface area contributed by atoms with Gasteiger partial charge < -0.3 is 14.6 Å². The van der Waals surface area contributed by atoms with Gasteiger partial charge in [0.05, 0.1) is 6.61 Å². The number of hydrogen-bond donors (Lipinski definition) is 1. The van der Waals surface area contributed by atoms with E-state index in [-0.39, 0.29) is 25.2 Å². The SMILES string of the molecule is CC/C=C\C/C=C\C/C=C\CCCCCCCC(=O)OC(CO)COC(=O)CCCCCCCCC. The van der Waals surface area contributed by atoms with Gasteiger partial charge in [0.15, 0.2) is 6.10 Å². The molecular weight excluding hydrogens is 452 g/mol. The third-order valence-electron chi connectivity index (χ3n) is 5.95. The van der Waals surface area contributed by atoms with Gasteiger partial charge >= 0.3 is 11.9 Å². The second-order valence-corrected chi connectivity index (χ2v) is 9.45. The molecule has 0 aromatic rings. The first-order chi connectivity index (χ1) is 17.6. The minimum atomic E-state index is -0.773. The Morgan fingerprint density at radius 3 is 1.81 bits per heavy atom. The van der Waals surface area contributed by atoms with Crippen LogP contribution in [0.1, 0.15) is 129 Å². The first kappa shape index (κ1) is 34.1. The summed E-state index contributed by atoms with van der Waals surface area (Å²) < 4.78 is 10.4. The van der Waals surface area contributed by atoms with Crippen LogP contribution in [-0.4, -0.2) is 36.4 Å². The molecule has 1 atom stereocenters. The lowest BCUT2D eigenvalue weighted by Gasteiger charge is -2.15. The monoisotopic (exact) mass is 506 g/mol. The Bertz CT molecular complexity index is 594. The Morgan fingerprint density at radius 1 is 0.667 bits per heavy atom. The number of rotatable bonds is 25. The summed E-state index contributed by atoms with van der Waals surface area (Å²) in [5.74, 6) is -0.623. The molecule has 0 saturated carbocycles. The lowest BCUT2D eigenvalue weighted by molar-refractivity contribution is -0.161. The molecule has 0 spiro atoms. The Balaban J connectivity index is 3.65. The summed E-state index contributed by atoms with van der Waals surface area (Å²) >= 11 is 0. The van der Waals surface area contributed by atoms with Crippen LogP contribution in [0, 0.1) is 0 Å². The summed E-state index contributed by atoms with van der Waals surface area (Å²) in [5.41, 5.74) is 0. The number of carbonyl (C=O) groups excluding carboxylic acids is 2. The number of carbonyl (C=O) groups is 2. The maximum atomic E-state index is 12.0. The van der Waals surface area contributed by atoms with Gasteiger partial charge in [-0.15, -0.1) is 0 Å². The van der Waals surface area contributed by atoms with Crippen molar-refractivity contribution in [2.75, 3.05) is 13.2 Å². The quantitative estimate of drug-likeness (QED) is 0.0768. The van der Waals surface area contributed by atoms with Crippen LogP contribution >= 0.6 is 0 Å². The number of allylic oxidation sites excluding steroid dienone is 6. The highest BCUT2D eigenvalue weighted by atomic mass is 16.6. The Kier molecular flexibility index (Phi) is 26.3. The van der Waals surface area contributed by atoms with E-state index in [9.17, 15) is 14.7 Å². The van der Waals surface area contributed by atoms with Crippen LogP contribution in [0.4, 0.5) is 0 Å². The predicted molar refractivity (Wildman–Crippen MR) is 150 cm³/mol. The average Bonchev–Trinajstić information content (AvgIpc) is 2.88. The molecule has 0 rings (SSSR count). The second-order valence-electron chi connectivity index (χ2n) is 9.45. The van der Waals surface area contributed by atoms with E-state index in [1.54, 1.807) is 0 Å². The van der Waals surface area contributed by atoms with Crippen molar-refractivity contribution in [3.8, 4) is 0 Å². The van der Waals surface area contributed by atoms with E-state index >= 15 is 0 Å². The maximum Gasteiger partial charge on any atom is 0.306 e. The molecule has 0 amide bonds. The fraction of sp³-hybridized carbons (Fsp3) is 0.742. The summed E-state index contributed by atoms with van der Waals surface area (Å²) in [6.45, 7) is 3.93. The highest BCUT2D eigenvalue weighted by Crippen LogP contribution is 2.11. The summed E-state index contributed by atoms with van der Waals surface area (Å²) in [7, 11) is 0. The van der Waals surface area contributed by atoms with Crippen LogP contribution in [0.2, 0.25) is 0 Å². The van der Waals surface area contributed by atoms with Gasteiger partial charge in [0, 0.05) is 12.8 Å². The molecule has 0 aliphatic carbocycles. The molecule has 0 bridgehead atoms. The van der Waals surface area contributed by atoms with Crippen LogP contribution in [0.15, 0.2) is 36.5 Å². The largest absolute Gasteiger partial charge is 0.462 e. The number of esters is 2. The van der Waals surface area contributed by atoms with E-state index in [0.717, 1.165) is 70.6 Å². The summed E-state index contributed by atoms with van der Waals surface area (Å²) in [5, 5.41) is 9.43. The van der Waals surface area contributed by atoms with E-state index in [1.807, 2.05) is 0 Å². The number of unbranched alkanes of at least 4 members (excludes halogenated alkanes) is 11. The zero-order chi connectivity index (χ0) is 26.5. The Morgan fingerprint density at radius 2 is 1.19 bits per heavy atom. The highest BCUT2D eigenvalue weighted by Gasteiger charge is 2.16. The number of hydrogen-bond acceptors (Lipinski definition) is 5. The highest BCUT2D eigenvalue weighted by molar-refractivity contribution is 5.70. The van der Waals surface area contributed by atoms with Gasteiger partial charge in [-0.2, -0.15) is 0 Å². The standard InChI is InChI=1S/C31H54O5/c1-3-5-7-9-11-12-13-14-15-16-17-18-20-22-24-26-31(34)36-29(27-32)28-35-30(33)25-23-21-19-10-8-6-4-2/h5,7,11-12,14-15,29,32H,3-4,6,8-10,13,16-28H2,1-2H3/b7-5-,12-11-,15-14-. The molecule has 0 fully saturated rings. The zero-order valence-corrected chi connectivity index (χ0v) is 23.3. The Labute approximate surface area is 221 Å². The van der Waals surface area contributed by atoms with Crippen molar-refractivity contribution in [1.82, 2.24) is 0 Å². The summed E-state index contributed by atoms with van der Waals surface area (Å²) in [6.07, 6.45) is 30.6. The van der Waals surface area contributed by atoms with E-state index in [2.05, 4.69) is 50.3 Å². The van der Waals surface area contributed by atoms with Crippen molar-refractivity contribution in [2.24, 2.45) is 0 Å². The molecule has 36 heavy (non-hydrogen) atoms. The van der Waals surface area contributed by atoms with Gasteiger partial charge in [-0.25, -0.2) is 0 Å². The first-order valence-corrected chi connectivity index (χ1v) is 14.5. The van der Waals surface area contributed by atoms with Crippen LogP contribution in [0.25, 0.3) is 0 Å². The molecule has 208 valence electrons. The van der Waals surface area contributed by atoms with Crippen molar-refractivity contribution in [3.63, 3.8) is 0 Å². The third-order valence-corrected chi connectivity index (χ3v) is 5.95. The van der Waals surface area contributed by atoms with Crippen LogP contribution < -0.4 is 0 Å². The van der Waals surface area contributed by atoms with Gasteiger partial charge in [0.1, 0.15) is 6.61 Å². The fourth-order valence-electron chi connectivity index (χ4n) is 3.74. The van der Waals surface area contributed by atoms with Crippen molar-refractivity contribution >= 4 is 11.9 Å². The lowest BCUT2D eigenvalue weighted by atomic mass is 10.1. The summed E-state index contributed by atoms with van der Waals surface area (Å²) in [4.78, 5) is 23.9. The van der Waals surface area contributed by atoms with Gasteiger partial charge in [0.2, 0.25) is 0 Å². The first-order valence-electron chi connectivity index (χ1n) is 14.5. The molecule has 5 nitrogen and oxygen atoms in total. The number of aliphatic hydroxyl groups is 1. The van der Waals surface area contributed by atoms with Crippen LogP contribution in [0.5, 0.6) is 0 Å². The smallest absolute Gasteiger partial charge is 0.306 e. The number of ether oxygens (including phenoxy) is 2. The lowest BCUT2D eigenvalue weighted by Crippen LogP contribution is -2.28. The van der Waals surface area contributed by atoms with Gasteiger partial charge in [-0.3, -0.25) is 9.59 Å². The van der Waals surface area contributed by atoms with Crippen molar-refractivity contribution in [2.45, 2.75) is 136 Å². The zero-order valence-electron chi connectivity index (χ0n) is 23.3.